The number of ketones is 1. The van der Waals surface area contributed by atoms with Crippen molar-refractivity contribution in [2.45, 2.75) is 0 Å². The number of carbonyl (C=O) groups excluding carboxylic acids is 1. The number of hydrogen-bond donors (Lipinski definition) is 0. The number of halogens is 1. The van der Waals surface area contributed by atoms with Gasteiger partial charge < -0.3 is 4.74 Å². The largest absolute Gasteiger partial charge is 0.497 e. The highest BCUT2D eigenvalue weighted by Crippen LogP contribution is 2.42. The Balaban J connectivity index is 2.12. The van der Waals surface area contributed by atoms with Crippen LogP contribution in [0.5, 0.6) is 5.75 Å². The molecule has 0 radical (unpaired) electrons. The minimum atomic E-state index is -0.0779. The van der Waals surface area contributed by atoms with Crippen molar-refractivity contribution < 1.29 is 9.53 Å². The number of fused-ring (bicyclic) bond motifs is 4. The zero-order valence-electron chi connectivity index (χ0n) is 11.2. The molecule has 4 heteroatoms. The number of hydrogen-bond acceptors (Lipinski definition) is 3. The predicted octanol–water partition coefficient (Wildman–Crippen LogP) is 4.11. The van der Waals surface area contributed by atoms with E-state index < -0.39 is 0 Å². The van der Waals surface area contributed by atoms with Crippen LogP contribution in [0.1, 0.15) is 15.9 Å². The number of para-hydroxylation sites is 1. The Morgan fingerprint density at radius 1 is 1.10 bits per heavy atom. The van der Waals surface area contributed by atoms with E-state index in [1.807, 2.05) is 30.3 Å². The maximum absolute atomic E-state index is 12.6. The van der Waals surface area contributed by atoms with Gasteiger partial charge in [0.25, 0.3) is 0 Å². The average Bonchev–Trinajstić information content (AvgIpc) is 2.80. The minimum Gasteiger partial charge on any atom is -0.497 e. The van der Waals surface area contributed by atoms with Crippen LogP contribution in [0.2, 0.25) is 5.02 Å². The molecule has 0 spiro atoms. The van der Waals surface area contributed by atoms with Gasteiger partial charge in [0.15, 0.2) is 5.78 Å². The van der Waals surface area contributed by atoms with Gasteiger partial charge in [0, 0.05) is 16.5 Å². The summed E-state index contributed by atoms with van der Waals surface area (Å²) in [5, 5.41) is 1.27. The van der Waals surface area contributed by atoms with Crippen LogP contribution in [-0.2, 0) is 0 Å². The number of pyridine rings is 1. The highest BCUT2D eigenvalue weighted by Gasteiger charge is 2.31. The van der Waals surface area contributed by atoms with Crippen LogP contribution >= 0.6 is 11.6 Å². The predicted molar refractivity (Wildman–Crippen MR) is 82.2 cm³/mol. The third-order valence-electron chi connectivity index (χ3n) is 3.78. The van der Waals surface area contributed by atoms with Crippen molar-refractivity contribution in [2.75, 3.05) is 7.11 Å². The van der Waals surface area contributed by atoms with Gasteiger partial charge in [-0.25, -0.2) is 4.98 Å². The third kappa shape index (κ3) is 1.61. The molecule has 0 fully saturated rings. The molecule has 0 atom stereocenters. The Labute approximate surface area is 126 Å². The summed E-state index contributed by atoms with van der Waals surface area (Å²) in [4.78, 5) is 17.2. The van der Waals surface area contributed by atoms with Gasteiger partial charge in [-0.05, 0) is 24.3 Å². The second kappa shape index (κ2) is 4.30. The van der Waals surface area contributed by atoms with Crippen molar-refractivity contribution in [3.8, 4) is 17.0 Å². The van der Waals surface area contributed by atoms with E-state index in [-0.39, 0.29) is 5.78 Å². The van der Waals surface area contributed by atoms with Gasteiger partial charge in [0.05, 0.1) is 28.9 Å². The van der Waals surface area contributed by atoms with Crippen LogP contribution in [0, 0.1) is 0 Å². The van der Waals surface area contributed by atoms with E-state index in [4.69, 9.17) is 16.3 Å². The molecule has 3 nitrogen and oxygen atoms in total. The summed E-state index contributed by atoms with van der Waals surface area (Å²) in [6.45, 7) is 0. The second-order valence-electron chi connectivity index (χ2n) is 4.91. The van der Waals surface area contributed by atoms with Gasteiger partial charge in [0.1, 0.15) is 5.75 Å². The first-order valence-corrected chi connectivity index (χ1v) is 6.90. The first kappa shape index (κ1) is 12.4. The first-order valence-electron chi connectivity index (χ1n) is 6.52. The lowest BCUT2D eigenvalue weighted by Crippen LogP contribution is -1.97. The lowest BCUT2D eigenvalue weighted by Gasteiger charge is -2.06. The number of rotatable bonds is 1. The molecule has 102 valence electrons. The van der Waals surface area contributed by atoms with E-state index in [2.05, 4.69) is 4.98 Å². The topological polar surface area (TPSA) is 39.2 Å². The summed E-state index contributed by atoms with van der Waals surface area (Å²) < 4.78 is 5.24. The summed E-state index contributed by atoms with van der Waals surface area (Å²) in [5.41, 5.74) is 3.30. The number of methoxy groups -OCH3 is 1. The molecule has 0 unspecified atom stereocenters. The van der Waals surface area contributed by atoms with Crippen LogP contribution < -0.4 is 4.74 Å². The highest BCUT2D eigenvalue weighted by atomic mass is 35.5. The number of ether oxygens (including phenoxy) is 1. The summed E-state index contributed by atoms with van der Waals surface area (Å²) in [6, 6.07) is 12.9. The van der Waals surface area contributed by atoms with Gasteiger partial charge in [-0.15, -0.1) is 0 Å². The zero-order chi connectivity index (χ0) is 14.6. The van der Waals surface area contributed by atoms with Gasteiger partial charge in [0.2, 0.25) is 0 Å². The minimum absolute atomic E-state index is 0.0779. The summed E-state index contributed by atoms with van der Waals surface area (Å²) in [7, 11) is 1.60. The second-order valence-corrected chi connectivity index (χ2v) is 5.29. The van der Waals surface area contributed by atoms with Gasteiger partial charge in [-0.1, -0.05) is 29.8 Å². The molecular formula is C17H10ClNO2. The molecule has 0 amide bonds. The van der Waals surface area contributed by atoms with Crippen molar-refractivity contribution >= 4 is 28.3 Å². The molecule has 1 aliphatic carbocycles. The number of nitrogens with zero attached hydrogens (tertiary/aromatic N) is 1. The molecule has 0 saturated heterocycles. The standard InChI is InChI=1S/C17H10ClNO2/c1-21-9-6-7-10-12(8-9)16-14(17(10)20)15(18)11-4-2-3-5-13(11)19-16/h2-8H,1H3. The summed E-state index contributed by atoms with van der Waals surface area (Å²) in [6.07, 6.45) is 0. The Kier molecular flexibility index (Phi) is 2.53. The lowest BCUT2D eigenvalue weighted by atomic mass is 10.1. The van der Waals surface area contributed by atoms with Crippen LogP contribution in [-0.4, -0.2) is 17.9 Å². The molecule has 0 bridgehead atoms. The SMILES string of the molecule is COc1ccc2c(c1)-c1nc3ccccc3c(Cl)c1C2=O. The molecular weight excluding hydrogens is 286 g/mol. The average molecular weight is 296 g/mol. The quantitative estimate of drug-likeness (QED) is 0.530. The Morgan fingerprint density at radius 2 is 1.90 bits per heavy atom. The van der Waals surface area contributed by atoms with E-state index in [0.717, 1.165) is 16.5 Å². The molecule has 2 aromatic carbocycles. The normalized spacial score (nSPS) is 12.4. The number of benzene rings is 2. The monoisotopic (exact) mass is 295 g/mol. The molecule has 1 heterocycles. The number of carbonyl (C=O) groups is 1. The summed E-state index contributed by atoms with van der Waals surface area (Å²) >= 11 is 6.45. The first-order chi connectivity index (χ1) is 10.2. The molecule has 1 aliphatic rings. The van der Waals surface area contributed by atoms with Crippen LogP contribution in [0.25, 0.3) is 22.2 Å². The van der Waals surface area contributed by atoms with Crippen molar-refractivity contribution in [1.82, 2.24) is 4.98 Å². The van der Waals surface area contributed by atoms with Crippen molar-refractivity contribution in [3.05, 3.63) is 58.6 Å². The van der Waals surface area contributed by atoms with Gasteiger partial charge in [-0.3, -0.25) is 4.79 Å². The van der Waals surface area contributed by atoms with Crippen LogP contribution in [0.15, 0.2) is 42.5 Å². The smallest absolute Gasteiger partial charge is 0.197 e. The van der Waals surface area contributed by atoms with E-state index in [0.29, 0.717) is 27.6 Å². The Morgan fingerprint density at radius 3 is 2.71 bits per heavy atom. The van der Waals surface area contributed by atoms with Crippen molar-refractivity contribution in [2.24, 2.45) is 0 Å². The van der Waals surface area contributed by atoms with E-state index in [9.17, 15) is 4.79 Å². The van der Waals surface area contributed by atoms with Crippen molar-refractivity contribution in [1.29, 1.82) is 0 Å². The molecule has 21 heavy (non-hydrogen) atoms. The fraction of sp³-hybridized carbons (Fsp3) is 0.0588. The van der Waals surface area contributed by atoms with Crippen LogP contribution in [0.4, 0.5) is 0 Å². The van der Waals surface area contributed by atoms with Crippen LogP contribution in [0.3, 0.4) is 0 Å². The molecule has 0 saturated carbocycles. The fourth-order valence-corrected chi connectivity index (χ4v) is 3.09. The maximum Gasteiger partial charge on any atom is 0.197 e. The molecule has 3 aromatic rings. The Hall–Kier alpha value is -2.39. The maximum atomic E-state index is 12.6. The zero-order valence-corrected chi connectivity index (χ0v) is 11.9. The molecule has 1 aromatic heterocycles. The molecule has 0 N–H and O–H groups in total. The van der Waals surface area contributed by atoms with Crippen molar-refractivity contribution in [3.63, 3.8) is 0 Å². The number of aromatic nitrogens is 1. The lowest BCUT2D eigenvalue weighted by molar-refractivity contribution is 0.104. The van der Waals surface area contributed by atoms with E-state index >= 15 is 0 Å². The van der Waals surface area contributed by atoms with E-state index in [1.54, 1.807) is 19.2 Å². The van der Waals surface area contributed by atoms with E-state index in [1.165, 1.54) is 0 Å². The fourth-order valence-electron chi connectivity index (χ4n) is 2.75. The van der Waals surface area contributed by atoms with Gasteiger partial charge >= 0.3 is 0 Å². The Bertz CT molecular complexity index is 918. The molecule has 4 rings (SSSR count). The van der Waals surface area contributed by atoms with Gasteiger partial charge in [-0.2, -0.15) is 0 Å². The highest BCUT2D eigenvalue weighted by molar-refractivity contribution is 6.41. The third-order valence-corrected chi connectivity index (χ3v) is 4.18. The molecule has 0 aliphatic heterocycles. The summed E-state index contributed by atoms with van der Waals surface area (Å²) in [5.74, 6) is 0.617.